The van der Waals surface area contributed by atoms with E-state index in [0.717, 1.165) is 5.56 Å². The first kappa shape index (κ1) is 21.3. The maximum absolute atomic E-state index is 12.8. The van der Waals surface area contributed by atoms with Crippen LogP contribution >= 0.6 is 0 Å². The van der Waals surface area contributed by atoms with Crippen LogP contribution in [0.25, 0.3) is 11.3 Å². The fourth-order valence-corrected chi connectivity index (χ4v) is 2.88. The molecule has 0 bridgehead atoms. The molecule has 9 heteroatoms. The monoisotopic (exact) mass is 417 g/mol. The molecule has 1 unspecified atom stereocenters. The van der Waals surface area contributed by atoms with Gasteiger partial charge in [0.2, 0.25) is 11.8 Å². The van der Waals surface area contributed by atoms with Gasteiger partial charge in [0.1, 0.15) is 0 Å². The van der Waals surface area contributed by atoms with Gasteiger partial charge in [0, 0.05) is 35.0 Å². The van der Waals surface area contributed by atoms with Gasteiger partial charge >= 0.3 is 5.97 Å². The van der Waals surface area contributed by atoms with Crippen LogP contribution in [-0.2, 0) is 9.59 Å². The van der Waals surface area contributed by atoms with Gasteiger partial charge in [-0.2, -0.15) is 0 Å². The first-order chi connectivity index (χ1) is 14.8. The van der Waals surface area contributed by atoms with E-state index in [9.17, 15) is 14.4 Å². The Hall–Kier alpha value is -4.40. The van der Waals surface area contributed by atoms with Gasteiger partial charge < -0.3 is 21.1 Å². The average Bonchev–Trinajstić information content (AvgIpc) is 2.74. The van der Waals surface area contributed by atoms with Crippen LogP contribution in [0.5, 0.6) is 0 Å². The number of amides is 2. The van der Waals surface area contributed by atoms with Crippen molar-refractivity contribution in [2.75, 3.05) is 10.6 Å². The summed E-state index contributed by atoms with van der Waals surface area (Å²) in [5.41, 5.74) is 1.83. The van der Waals surface area contributed by atoms with Crippen molar-refractivity contribution in [1.29, 1.82) is 5.41 Å². The van der Waals surface area contributed by atoms with Gasteiger partial charge in [0.25, 0.3) is 0 Å². The van der Waals surface area contributed by atoms with Crippen LogP contribution in [0.4, 0.5) is 11.4 Å². The van der Waals surface area contributed by atoms with Crippen LogP contribution in [0.15, 0.2) is 67.1 Å². The first-order valence-electron chi connectivity index (χ1n) is 9.21. The number of anilines is 2. The highest BCUT2D eigenvalue weighted by Crippen LogP contribution is 2.21. The van der Waals surface area contributed by atoms with E-state index in [1.807, 2.05) is 0 Å². The molecule has 0 saturated carbocycles. The van der Waals surface area contributed by atoms with Crippen molar-refractivity contribution >= 4 is 34.9 Å². The number of nitrogens with one attached hydrogen (secondary N) is 3. The molecule has 1 atom stereocenters. The Morgan fingerprint density at radius 3 is 2.19 bits per heavy atom. The molecule has 0 aliphatic heterocycles. The minimum absolute atomic E-state index is 0.00815. The minimum atomic E-state index is -1.39. The third-order valence-corrected chi connectivity index (χ3v) is 4.32. The summed E-state index contributed by atoms with van der Waals surface area (Å²) in [5.74, 6) is -3.96. The summed E-state index contributed by atoms with van der Waals surface area (Å²) in [6.45, 7) is 1.35. The fourth-order valence-electron chi connectivity index (χ4n) is 2.88. The Morgan fingerprint density at radius 1 is 0.968 bits per heavy atom. The number of carboxylic acids is 1. The summed E-state index contributed by atoms with van der Waals surface area (Å²) >= 11 is 0. The van der Waals surface area contributed by atoms with Crippen LogP contribution in [0.1, 0.15) is 17.3 Å². The molecular formula is C22H19N5O4. The van der Waals surface area contributed by atoms with Gasteiger partial charge in [-0.25, -0.2) is 4.79 Å². The Bertz CT molecular complexity index is 1150. The molecule has 0 aliphatic carbocycles. The van der Waals surface area contributed by atoms with E-state index in [0.29, 0.717) is 11.4 Å². The molecule has 9 nitrogen and oxygen atoms in total. The summed E-state index contributed by atoms with van der Waals surface area (Å²) in [7, 11) is 0. The van der Waals surface area contributed by atoms with Gasteiger partial charge in [0.05, 0.1) is 17.5 Å². The number of aromatic carboxylic acids is 1. The standard InChI is InChI=1S/C22H19N5O4/c1-13(23)19(21(29)27-17-7-3-5-15(11-17)22(30)31)20(28)26-16-6-2-4-14(10-16)18-12-24-8-9-25-18/h2-12,19,23H,1H3,(H,26,28)(H,27,29)(H,30,31). The van der Waals surface area contributed by atoms with Gasteiger partial charge in [-0.15, -0.1) is 0 Å². The summed E-state index contributed by atoms with van der Waals surface area (Å²) in [6, 6.07) is 12.5. The smallest absolute Gasteiger partial charge is 0.335 e. The molecule has 1 heterocycles. The zero-order chi connectivity index (χ0) is 22.4. The molecule has 0 aliphatic rings. The molecule has 156 valence electrons. The van der Waals surface area contributed by atoms with E-state index < -0.39 is 23.7 Å². The van der Waals surface area contributed by atoms with Gasteiger partial charge in [-0.3, -0.25) is 19.6 Å². The molecule has 31 heavy (non-hydrogen) atoms. The van der Waals surface area contributed by atoms with Crippen LogP contribution in [0, 0.1) is 11.3 Å². The number of nitrogens with zero attached hydrogens (tertiary/aromatic N) is 2. The van der Waals surface area contributed by atoms with Gasteiger partial charge in [-0.1, -0.05) is 18.2 Å². The molecule has 1 aromatic heterocycles. The molecule has 3 aromatic rings. The van der Waals surface area contributed by atoms with Crippen LogP contribution in [0.2, 0.25) is 0 Å². The summed E-state index contributed by atoms with van der Waals surface area (Å²) < 4.78 is 0. The predicted octanol–water partition coefficient (Wildman–Crippen LogP) is 3.07. The molecule has 0 spiro atoms. The number of carbonyl (C=O) groups is 3. The summed E-state index contributed by atoms with van der Waals surface area (Å²) in [6.07, 6.45) is 4.69. The summed E-state index contributed by atoms with van der Waals surface area (Å²) in [4.78, 5) is 44.8. The molecule has 2 aromatic carbocycles. The maximum atomic E-state index is 12.8. The van der Waals surface area contributed by atoms with Gasteiger partial charge in [0.15, 0.2) is 5.92 Å². The second-order valence-corrected chi connectivity index (χ2v) is 6.65. The first-order valence-corrected chi connectivity index (χ1v) is 9.21. The lowest BCUT2D eigenvalue weighted by atomic mass is 10.0. The minimum Gasteiger partial charge on any atom is -0.478 e. The summed E-state index contributed by atoms with van der Waals surface area (Å²) in [5, 5.41) is 22.1. The van der Waals surface area contributed by atoms with Crippen LogP contribution in [-0.4, -0.2) is 38.6 Å². The molecule has 0 radical (unpaired) electrons. The third-order valence-electron chi connectivity index (χ3n) is 4.32. The van der Waals surface area contributed by atoms with Crippen molar-refractivity contribution in [2.24, 2.45) is 5.92 Å². The van der Waals surface area contributed by atoms with E-state index in [4.69, 9.17) is 10.5 Å². The Morgan fingerprint density at radius 2 is 1.61 bits per heavy atom. The van der Waals surface area contributed by atoms with E-state index in [-0.39, 0.29) is 17.0 Å². The number of aromatic nitrogens is 2. The third kappa shape index (κ3) is 5.36. The zero-order valence-electron chi connectivity index (χ0n) is 16.5. The van der Waals surface area contributed by atoms with E-state index >= 15 is 0 Å². The van der Waals surface area contributed by atoms with Crippen molar-refractivity contribution in [1.82, 2.24) is 9.97 Å². The predicted molar refractivity (Wildman–Crippen MR) is 115 cm³/mol. The number of rotatable bonds is 7. The number of carbonyl (C=O) groups excluding carboxylic acids is 2. The van der Waals surface area contributed by atoms with Crippen molar-refractivity contribution in [3.63, 3.8) is 0 Å². The van der Waals surface area contributed by atoms with E-state index in [1.165, 1.54) is 31.2 Å². The van der Waals surface area contributed by atoms with Crippen LogP contribution in [0.3, 0.4) is 0 Å². The van der Waals surface area contributed by atoms with E-state index in [2.05, 4.69) is 20.6 Å². The number of hydrogen-bond acceptors (Lipinski definition) is 6. The second-order valence-electron chi connectivity index (χ2n) is 6.65. The number of hydrogen-bond donors (Lipinski definition) is 4. The molecule has 2 amide bonds. The topological polar surface area (TPSA) is 145 Å². The lowest BCUT2D eigenvalue weighted by Gasteiger charge is -2.16. The van der Waals surface area contributed by atoms with Crippen molar-refractivity contribution in [3.05, 3.63) is 72.7 Å². The van der Waals surface area contributed by atoms with Crippen molar-refractivity contribution in [2.45, 2.75) is 6.92 Å². The average molecular weight is 417 g/mol. The largest absolute Gasteiger partial charge is 0.478 e. The molecule has 3 rings (SSSR count). The Kier molecular flexibility index (Phi) is 6.46. The van der Waals surface area contributed by atoms with E-state index in [1.54, 1.807) is 42.9 Å². The SMILES string of the molecule is CC(=N)C(C(=O)Nc1cccc(C(=O)O)c1)C(=O)Nc1cccc(-c2cnccn2)c1. The van der Waals surface area contributed by atoms with Crippen molar-refractivity contribution < 1.29 is 19.5 Å². The highest BCUT2D eigenvalue weighted by molar-refractivity contribution is 6.24. The lowest BCUT2D eigenvalue weighted by Crippen LogP contribution is -2.38. The normalized spacial score (nSPS) is 11.3. The van der Waals surface area contributed by atoms with Gasteiger partial charge in [-0.05, 0) is 37.3 Å². The Balaban J connectivity index is 1.77. The molecule has 4 N–H and O–H groups in total. The highest BCUT2D eigenvalue weighted by Gasteiger charge is 2.29. The van der Waals surface area contributed by atoms with Crippen molar-refractivity contribution in [3.8, 4) is 11.3 Å². The molecule has 0 fully saturated rings. The highest BCUT2D eigenvalue weighted by atomic mass is 16.4. The second kappa shape index (κ2) is 9.40. The Labute approximate surface area is 177 Å². The zero-order valence-corrected chi connectivity index (χ0v) is 16.5. The molecular weight excluding hydrogens is 398 g/mol. The molecule has 0 saturated heterocycles. The maximum Gasteiger partial charge on any atom is 0.335 e. The van der Waals surface area contributed by atoms with Crippen LogP contribution < -0.4 is 10.6 Å². The number of carboxylic acid groups (broad SMARTS) is 1. The fraction of sp³-hybridized carbons (Fsp3) is 0.0909. The number of benzene rings is 2. The lowest BCUT2D eigenvalue weighted by molar-refractivity contribution is -0.126. The quantitative estimate of drug-likeness (QED) is 0.343.